The van der Waals surface area contributed by atoms with Crippen LogP contribution in [-0.4, -0.2) is 32.5 Å². The van der Waals surface area contributed by atoms with E-state index in [-0.39, 0.29) is 35.8 Å². The third-order valence-electron chi connectivity index (χ3n) is 5.88. The van der Waals surface area contributed by atoms with Crippen molar-refractivity contribution >= 4 is 34.2 Å². The third kappa shape index (κ3) is 3.59. The number of hydrogen-bond acceptors (Lipinski definition) is 5. The quantitative estimate of drug-likeness (QED) is 0.655. The fourth-order valence-electron chi connectivity index (χ4n) is 4.14. The second kappa shape index (κ2) is 8.41. The van der Waals surface area contributed by atoms with Crippen molar-refractivity contribution in [3.63, 3.8) is 0 Å². The van der Waals surface area contributed by atoms with Gasteiger partial charge in [0.15, 0.2) is 5.65 Å². The molecule has 0 bridgehead atoms. The molecular weight excluding hydrogens is 410 g/mol. The largest absolute Gasteiger partial charge is 0.332 e. The molecule has 0 radical (unpaired) electrons. The molecule has 166 valence electrons. The van der Waals surface area contributed by atoms with E-state index in [1.165, 1.54) is 18.7 Å². The van der Waals surface area contributed by atoms with Gasteiger partial charge in [-0.15, -0.1) is 0 Å². The van der Waals surface area contributed by atoms with E-state index in [1.54, 1.807) is 11.1 Å². The Labute approximate surface area is 184 Å². The van der Waals surface area contributed by atoms with Gasteiger partial charge in [0, 0.05) is 38.9 Å². The van der Waals surface area contributed by atoms with Gasteiger partial charge in [0.05, 0.1) is 11.6 Å². The van der Waals surface area contributed by atoms with Crippen LogP contribution in [0, 0.1) is 5.92 Å². The van der Waals surface area contributed by atoms with Crippen molar-refractivity contribution in [3.8, 4) is 0 Å². The molecule has 0 aliphatic carbocycles. The first-order valence-corrected chi connectivity index (χ1v) is 10.6. The average molecular weight is 435 g/mol. The lowest BCUT2D eigenvalue weighted by Gasteiger charge is -2.18. The molecule has 4 rings (SSSR count). The summed E-state index contributed by atoms with van der Waals surface area (Å²) >= 11 is 0. The predicted molar refractivity (Wildman–Crippen MR) is 122 cm³/mol. The molecule has 9 nitrogen and oxygen atoms in total. The maximum atomic E-state index is 13.2. The molecule has 3 aromatic rings. The van der Waals surface area contributed by atoms with Crippen molar-refractivity contribution < 1.29 is 9.59 Å². The minimum absolute atomic E-state index is 0.0867. The Hall–Kier alpha value is -3.75. The number of rotatable bonds is 5. The highest BCUT2D eigenvalue weighted by atomic mass is 16.2. The summed E-state index contributed by atoms with van der Waals surface area (Å²) in [6, 6.07) is 9.22. The lowest BCUT2D eigenvalue weighted by atomic mass is 10.0. The van der Waals surface area contributed by atoms with E-state index in [0.717, 1.165) is 16.7 Å². The molecule has 1 unspecified atom stereocenters. The van der Waals surface area contributed by atoms with Crippen molar-refractivity contribution in [1.29, 1.82) is 0 Å². The summed E-state index contributed by atoms with van der Waals surface area (Å²) in [7, 11) is 2.94. The van der Waals surface area contributed by atoms with E-state index in [9.17, 15) is 19.2 Å². The zero-order chi connectivity index (χ0) is 23.0. The van der Waals surface area contributed by atoms with Gasteiger partial charge in [-0.05, 0) is 24.1 Å². The van der Waals surface area contributed by atoms with Gasteiger partial charge in [-0.1, -0.05) is 31.5 Å². The summed E-state index contributed by atoms with van der Waals surface area (Å²) in [6.45, 7) is 2.25. The van der Waals surface area contributed by atoms with Crippen LogP contribution in [-0.2, 0) is 30.1 Å². The first kappa shape index (κ1) is 21.5. The number of aryl methyl sites for hydroxylation is 2. The molecule has 1 N–H and O–H groups in total. The maximum absolute atomic E-state index is 13.2. The number of pyridine rings is 1. The molecule has 1 aliphatic heterocycles. The second-order valence-electron chi connectivity index (χ2n) is 8.04. The topological polar surface area (TPSA) is 106 Å². The van der Waals surface area contributed by atoms with Gasteiger partial charge in [0.2, 0.25) is 11.8 Å². The highest BCUT2D eigenvalue weighted by Gasteiger charge is 2.35. The molecule has 32 heavy (non-hydrogen) atoms. The predicted octanol–water partition coefficient (Wildman–Crippen LogP) is 1.58. The van der Waals surface area contributed by atoms with Crippen LogP contribution in [0.15, 0.2) is 46.1 Å². The van der Waals surface area contributed by atoms with Crippen molar-refractivity contribution in [2.24, 2.45) is 20.0 Å². The van der Waals surface area contributed by atoms with E-state index in [1.807, 2.05) is 37.3 Å². The Kier molecular flexibility index (Phi) is 5.65. The fraction of sp³-hybridized carbons (Fsp3) is 0.348. The number of hydrogen-bond donors (Lipinski definition) is 1. The van der Waals surface area contributed by atoms with E-state index >= 15 is 0 Å². The normalized spacial score (nSPS) is 16.0. The van der Waals surface area contributed by atoms with Gasteiger partial charge >= 0.3 is 5.69 Å². The van der Waals surface area contributed by atoms with Crippen molar-refractivity contribution in [1.82, 2.24) is 14.1 Å². The Morgan fingerprint density at radius 2 is 1.84 bits per heavy atom. The third-order valence-corrected chi connectivity index (χ3v) is 5.88. The van der Waals surface area contributed by atoms with Crippen molar-refractivity contribution in [2.75, 3.05) is 16.8 Å². The monoisotopic (exact) mass is 435 g/mol. The number of nitrogens with one attached hydrogen (secondary N) is 1. The van der Waals surface area contributed by atoms with Crippen LogP contribution in [0.2, 0.25) is 0 Å². The van der Waals surface area contributed by atoms with E-state index in [2.05, 4.69) is 10.3 Å². The van der Waals surface area contributed by atoms with Crippen LogP contribution in [0.4, 0.5) is 11.4 Å². The Balaban J connectivity index is 1.73. The first-order valence-electron chi connectivity index (χ1n) is 10.6. The number of para-hydroxylation sites is 1. The lowest BCUT2D eigenvalue weighted by Crippen LogP contribution is -2.38. The number of fused-ring (bicyclic) bond motifs is 1. The summed E-state index contributed by atoms with van der Waals surface area (Å²) in [5.74, 6) is -1.02. The van der Waals surface area contributed by atoms with Gasteiger partial charge in [0.1, 0.15) is 5.39 Å². The molecule has 0 saturated carbocycles. The fourth-order valence-corrected chi connectivity index (χ4v) is 4.14. The van der Waals surface area contributed by atoms with Crippen LogP contribution in [0.5, 0.6) is 0 Å². The van der Waals surface area contributed by atoms with Gasteiger partial charge in [-0.3, -0.25) is 23.5 Å². The Morgan fingerprint density at radius 3 is 2.53 bits per heavy atom. The standard InChI is InChI=1S/C23H25N5O4/c1-4-8-14-12-24-20-18(22(31)27(3)23(32)26(20)2)19(14)25-21(30)15-11-17(29)28(13-15)16-9-6-5-7-10-16/h5-7,9-10,12,15H,4,8,11,13H2,1-3H3,(H,24,25,30). The highest BCUT2D eigenvalue weighted by Crippen LogP contribution is 2.28. The molecule has 1 aliphatic rings. The Morgan fingerprint density at radius 1 is 1.12 bits per heavy atom. The molecule has 2 aromatic heterocycles. The number of aromatic nitrogens is 3. The van der Waals surface area contributed by atoms with E-state index < -0.39 is 17.2 Å². The van der Waals surface area contributed by atoms with E-state index in [0.29, 0.717) is 17.7 Å². The summed E-state index contributed by atoms with van der Waals surface area (Å²) in [5.41, 5.74) is 1.03. The maximum Gasteiger partial charge on any atom is 0.332 e. The lowest BCUT2D eigenvalue weighted by molar-refractivity contribution is -0.122. The summed E-state index contributed by atoms with van der Waals surface area (Å²) in [5, 5.41) is 3.09. The second-order valence-corrected chi connectivity index (χ2v) is 8.04. The number of carbonyl (C=O) groups is 2. The van der Waals surface area contributed by atoms with Crippen LogP contribution in [0.3, 0.4) is 0 Å². The SMILES string of the molecule is CCCc1cnc2c(c1NC(=O)C1CC(=O)N(c3ccccc3)C1)c(=O)n(C)c(=O)n2C. The molecule has 1 aromatic carbocycles. The number of benzene rings is 1. The number of nitrogens with zero attached hydrogens (tertiary/aromatic N) is 4. The van der Waals surface area contributed by atoms with Crippen LogP contribution in [0.25, 0.3) is 11.0 Å². The van der Waals surface area contributed by atoms with Gasteiger partial charge in [-0.25, -0.2) is 9.78 Å². The number of anilines is 2. The summed E-state index contributed by atoms with van der Waals surface area (Å²) in [6.07, 6.45) is 3.07. The molecule has 1 saturated heterocycles. The molecule has 9 heteroatoms. The van der Waals surface area contributed by atoms with Crippen LogP contribution in [0.1, 0.15) is 25.3 Å². The zero-order valence-electron chi connectivity index (χ0n) is 18.3. The number of amides is 2. The van der Waals surface area contributed by atoms with Crippen molar-refractivity contribution in [3.05, 3.63) is 62.9 Å². The molecule has 3 heterocycles. The van der Waals surface area contributed by atoms with Crippen LogP contribution >= 0.6 is 0 Å². The zero-order valence-corrected chi connectivity index (χ0v) is 18.3. The molecule has 1 fully saturated rings. The highest BCUT2D eigenvalue weighted by molar-refractivity contribution is 6.06. The minimum Gasteiger partial charge on any atom is -0.325 e. The van der Waals surface area contributed by atoms with Gasteiger partial charge < -0.3 is 10.2 Å². The smallest absolute Gasteiger partial charge is 0.325 e. The van der Waals surface area contributed by atoms with Crippen LogP contribution < -0.4 is 21.5 Å². The summed E-state index contributed by atoms with van der Waals surface area (Å²) in [4.78, 5) is 57.0. The van der Waals surface area contributed by atoms with E-state index in [4.69, 9.17) is 0 Å². The first-order chi connectivity index (χ1) is 15.3. The molecule has 0 spiro atoms. The van der Waals surface area contributed by atoms with Gasteiger partial charge in [0.25, 0.3) is 5.56 Å². The van der Waals surface area contributed by atoms with Crippen molar-refractivity contribution in [2.45, 2.75) is 26.2 Å². The average Bonchev–Trinajstić information content (AvgIpc) is 3.19. The minimum atomic E-state index is -0.559. The molecular formula is C23H25N5O4. The summed E-state index contributed by atoms with van der Waals surface area (Å²) < 4.78 is 2.30. The molecule has 1 atom stereocenters. The number of carbonyl (C=O) groups excluding carboxylic acids is 2. The molecule has 2 amide bonds. The van der Waals surface area contributed by atoms with Gasteiger partial charge in [-0.2, -0.15) is 0 Å². The Bertz CT molecular complexity index is 1330.